The van der Waals surface area contributed by atoms with Gasteiger partial charge in [-0.3, -0.25) is 19.0 Å². The Morgan fingerprint density at radius 3 is 2.60 bits per heavy atom. The minimum atomic E-state index is -3.94. The molecule has 8 nitrogen and oxygen atoms in total. The van der Waals surface area contributed by atoms with Crippen LogP contribution in [0, 0.1) is 5.92 Å². The lowest BCUT2D eigenvalue weighted by molar-refractivity contribution is -0.189. The normalized spacial score (nSPS) is 20.8. The Morgan fingerprint density at radius 1 is 1.28 bits per heavy atom. The molecule has 1 rings (SSSR count). The summed E-state index contributed by atoms with van der Waals surface area (Å²) in [5.41, 5.74) is 0. The maximum Gasteiger partial charge on any atom is 0.325 e. The van der Waals surface area contributed by atoms with Crippen molar-refractivity contribution in [2.24, 2.45) is 5.92 Å². The SMILES string of the molecule is C=CC(=O)N(OC)C1CCCC(C(=O)OCCCCCP(=O)(O)O)C1. The molecule has 0 aromatic heterocycles. The van der Waals surface area contributed by atoms with Gasteiger partial charge in [0.15, 0.2) is 0 Å². The molecule has 0 aromatic carbocycles. The Kier molecular flexibility index (Phi) is 9.35. The molecule has 2 unspecified atom stereocenters. The third kappa shape index (κ3) is 8.14. The highest BCUT2D eigenvalue weighted by Gasteiger charge is 2.33. The first-order valence-electron chi connectivity index (χ1n) is 8.49. The molecule has 2 N–H and O–H groups in total. The van der Waals surface area contributed by atoms with Crippen LogP contribution in [-0.4, -0.2) is 52.6 Å². The fourth-order valence-electron chi connectivity index (χ4n) is 2.99. The zero-order chi connectivity index (χ0) is 18.9. The monoisotopic (exact) mass is 377 g/mol. The molecule has 1 amide bonds. The highest BCUT2D eigenvalue weighted by Crippen LogP contribution is 2.35. The van der Waals surface area contributed by atoms with E-state index in [9.17, 15) is 14.2 Å². The van der Waals surface area contributed by atoms with Crippen molar-refractivity contribution >= 4 is 19.5 Å². The molecule has 1 saturated carbocycles. The van der Waals surface area contributed by atoms with E-state index in [1.807, 2.05) is 0 Å². The molecule has 144 valence electrons. The molecule has 2 atom stereocenters. The first-order chi connectivity index (χ1) is 11.8. The number of ether oxygens (including phenoxy) is 1. The average molecular weight is 377 g/mol. The van der Waals surface area contributed by atoms with Gasteiger partial charge < -0.3 is 14.5 Å². The van der Waals surface area contributed by atoms with Crippen molar-refractivity contribution in [3.8, 4) is 0 Å². The van der Waals surface area contributed by atoms with E-state index in [2.05, 4.69) is 6.58 Å². The summed E-state index contributed by atoms with van der Waals surface area (Å²) in [7, 11) is -2.53. The lowest BCUT2D eigenvalue weighted by Crippen LogP contribution is -2.42. The summed E-state index contributed by atoms with van der Waals surface area (Å²) in [5, 5.41) is 1.26. The van der Waals surface area contributed by atoms with Crippen LogP contribution in [-0.2, 0) is 23.7 Å². The topological polar surface area (TPSA) is 113 Å². The number of nitrogens with zero attached hydrogens (tertiary/aromatic N) is 1. The largest absolute Gasteiger partial charge is 0.465 e. The van der Waals surface area contributed by atoms with E-state index in [1.165, 1.54) is 18.2 Å². The van der Waals surface area contributed by atoms with E-state index < -0.39 is 7.60 Å². The molecule has 1 fully saturated rings. The lowest BCUT2D eigenvalue weighted by Gasteiger charge is -2.34. The Balaban J connectivity index is 2.34. The minimum absolute atomic E-state index is 0.143. The summed E-state index contributed by atoms with van der Waals surface area (Å²) in [6, 6.07) is -0.176. The molecule has 0 aliphatic heterocycles. The predicted molar refractivity (Wildman–Crippen MR) is 91.5 cm³/mol. The third-order valence-electron chi connectivity index (χ3n) is 4.24. The number of hydroxylamine groups is 2. The van der Waals surface area contributed by atoms with Gasteiger partial charge in [-0.2, -0.15) is 0 Å². The molecule has 0 aromatic rings. The van der Waals surface area contributed by atoms with Crippen LogP contribution in [0.3, 0.4) is 0 Å². The molecule has 1 aliphatic rings. The summed E-state index contributed by atoms with van der Waals surface area (Å²) in [6.07, 6.45) is 5.38. The molecular formula is C16H28NO7P. The van der Waals surface area contributed by atoms with Crippen LogP contribution in [0.25, 0.3) is 0 Å². The van der Waals surface area contributed by atoms with Crippen molar-refractivity contribution < 1.29 is 33.5 Å². The van der Waals surface area contributed by atoms with Crippen LogP contribution in [0.5, 0.6) is 0 Å². The van der Waals surface area contributed by atoms with Gasteiger partial charge in [0.1, 0.15) is 0 Å². The number of esters is 1. The van der Waals surface area contributed by atoms with Gasteiger partial charge in [-0.05, 0) is 44.6 Å². The fourth-order valence-corrected chi connectivity index (χ4v) is 3.62. The minimum Gasteiger partial charge on any atom is -0.465 e. The number of hydrogen-bond acceptors (Lipinski definition) is 5. The molecule has 25 heavy (non-hydrogen) atoms. The molecule has 9 heteroatoms. The third-order valence-corrected chi connectivity index (χ3v) is 5.14. The Morgan fingerprint density at radius 2 is 2.00 bits per heavy atom. The van der Waals surface area contributed by atoms with Crippen LogP contribution in [0.1, 0.15) is 44.9 Å². The van der Waals surface area contributed by atoms with Crippen LogP contribution < -0.4 is 0 Å². The van der Waals surface area contributed by atoms with Gasteiger partial charge in [-0.1, -0.05) is 13.0 Å². The number of unbranched alkanes of at least 4 members (excludes halogenated alkanes) is 2. The molecule has 0 heterocycles. The van der Waals surface area contributed by atoms with Crippen LogP contribution >= 0.6 is 7.60 Å². The highest BCUT2D eigenvalue weighted by atomic mass is 31.2. The number of rotatable bonds is 10. The summed E-state index contributed by atoms with van der Waals surface area (Å²) >= 11 is 0. The standard InChI is InChI=1S/C16H28NO7P/c1-3-15(18)17(23-2)14-9-7-8-13(12-14)16(19)24-10-5-4-6-11-25(20,21)22/h3,13-14H,1,4-12H2,2H3,(H2,20,21,22). The van der Waals surface area contributed by atoms with E-state index in [0.717, 1.165) is 12.8 Å². The van der Waals surface area contributed by atoms with Crippen molar-refractivity contribution in [3.63, 3.8) is 0 Å². The smallest absolute Gasteiger partial charge is 0.325 e. The quantitative estimate of drug-likeness (QED) is 0.197. The maximum absolute atomic E-state index is 12.2. The lowest BCUT2D eigenvalue weighted by atomic mass is 9.85. The second kappa shape index (κ2) is 10.7. The van der Waals surface area contributed by atoms with Crippen LogP contribution in [0.2, 0.25) is 0 Å². The molecule has 1 aliphatic carbocycles. The summed E-state index contributed by atoms with van der Waals surface area (Å²) < 4.78 is 16.0. The molecule has 0 bridgehead atoms. The van der Waals surface area contributed by atoms with Gasteiger partial charge in [0.2, 0.25) is 0 Å². The Bertz CT molecular complexity index is 505. The summed E-state index contributed by atoms with van der Waals surface area (Å²) in [6.45, 7) is 3.68. The van der Waals surface area contributed by atoms with Gasteiger partial charge >= 0.3 is 13.6 Å². The fraction of sp³-hybridized carbons (Fsp3) is 0.750. The summed E-state index contributed by atoms with van der Waals surface area (Å²) in [5.74, 6) is -0.891. The van der Waals surface area contributed by atoms with E-state index in [4.69, 9.17) is 19.4 Å². The van der Waals surface area contributed by atoms with Crippen molar-refractivity contribution in [2.75, 3.05) is 19.9 Å². The number of carbonyl (C=O) groups excluding carboxylic acids is 2. The molecule has 0 radical (unpaired) electrons. The van der Waals surface area contributed by atoms with Crippen LogP contribution in [0.4, 0.5) is 0 Å². The summed E-state index contributed by atoms with van der Waals surface area (Å²) in [4.78, 5) is 46.6. The predicted octanol–water partition coefficient (Wildman–Crippen LogP) is 2.01. The molecule has 0 spiro atoms. The highest BCUT2D eigenvalue weighted by molar-refractivity contribution is 7.51. The van der Waals surface area contributed by atoms with E-state index in [0.29, 0.717) is 32.1 Å². The van der Waals surface area contributed by atoms with Gasteiger partial charge in [-0.15, -0.1) is 0 Å². The average Bonchev–Trinajstić information content (AvgIpc) is 2.57. The molecular weight excluding hydrogens is 349 g/mol. The van der Waals surface area contributed by atoms with Crippen molar-refractivity contribution in [1.82, 2.24) is 5.06 Å². The second-order valence-electron chi connectivity index (χ2n) is 6.18. The zero-order valence-electron chi connectivity index (χ0n) is 14.6. The van der Waals surface area contributed by atoms with Gasteiger partial charge in [0.25, 0.3) is 5.91 Å². The van der Waals surface area contributed by atoms with Crippen molar-refractivity contribution in [2.45, 2.75) is 51.0 Å². The van der Waals surface area contributed by atoms with Crippen molar-refractivity contribution in [3.05, 3.63) is 12.7 Å². The second-order valence-corrected chi connectivity index (χ2v) is 7.96. The number of hydrogen-bond donors (Lipinski definition) is 2. The van der Waals surface area contributed by atoms with Gasteiger partial charge in [0.05, 0.1) is 25.7 Å². The van der Waals surface area contributed by atoms with Gasteiger partial charge in [0, 0.05) is 6.16 Å². The maximum atomic E-state index is 12.2. The van der Waals surface area contributed by atoms with Crippen molar-refractivity contribution in [1.29, 1.82) is 0 Å². The van der Waals surface area contributed by atoms with E-state index in [1.54, 1.807) is 0 Å². The van der Waals surface area contributed by atoms with Gasteiger partial charge in [-0.25, -0.2) is 5.06 Å². The number of amides is 1. The van der Waals surface area contributed by atoms with E-state index in [-0.39, 0.29) is 36.6 Å². The number of carbonyl (C=O) groups is 2. The van der Waals surface area contributed by atoms with E-state index >= 15 is 0 Å². The first kappa shape index (κ1) is 21.8. The Labute approximate surface area is 148 Å². The van der Waals surface area contributed by atoms with Crippen LogP contribution in [0.15, 0.2) is 12.7 Å². The zero-order valence-corrected chi connectivity index (χ0v) is 15.5. The first-order valence-corrected chi connectivity index (χ1v) is 10.3. The Hall–Kier alpha value is -1.21. The molecule has 0 saturated heterocycles.